The van der Waals surface area contributed by atoms with Crippen LogP contribution in [0.25, 0.3) is 11.6 Å². The molecule has 2 rings (SSSR count). The van der Waals surface area contributed by atoms with E-state index in [1.807, 2.05) is 19.2 Å². The van der Waals surface area contributed by atoms with E-state index >= 15 is 0 Å². The second-order valence-electron chi connectivity index (χ2n) is 3.54. The summed E-state index contributed by atoms with van der Waals surface area (Å²) in [5.74, 6) is 1.10. The molecule has 0 atom stereocenters. The molecule has 0 aliphatic heterocycles. The smallest absolute Gasteiger partial charge is 0.267 e. The molecule has 6 heteroatoms. The van der Waals surface area contributed by atoms with E-state index in [1.54, 1.807) is 6.20 Å². The minimum absolute atomic E-state index is 0.455. The summed E-state index contributed by atoms with van der Waals surface area (Å²) in [6, 6.07) is 3.74. The molecule has 0 bridgehead atoms. The standard InChI is InChI=1S/C11H13BrN4O/c1-13-6-3-5-9-15-16-11(17-9)10-8(12)4-2-7-14-10/h2,4,7,13H,3,5-6H2,1H3. The Bertz CT molecular complexity index is 486. The lowest BCUT2D eigenvalue weighted by Crippen LogP contribution is -2.08. The van der Waals surface area contributed by atoms with Gasteiger partial charge < -0.3 is 9.73 Å². The number of hydrogen-bond acceptors (Lipinski definition) is 5. The molecule has 0 fully saturated rings. The van der Waals surface area contributed by atoms with Crippen molar-refractivity contribution in [1.82, 2.24) is 20.5 Å². The highest BCUT2D eigenvalue weighted by Crippen LogP contribution is 2.24. The summed E-state index contributed by atoms with van der Waals surface area (Å²) in [7, 11) is 1.92. The Hall–Kier alpha value is -1.27. The average molecular weight is 297 g/mol. The first-order valence-corrected chi connectivity index (χ1v) is 6.18. The first kappa shape index (κ1) is 12.2. The maximum absolute atomic E-state index is 5.55. The Balaban J connectivity index is 2.10. The van der Waals surface area contributed by atoms with Gasteiger partial charge in [0.05, 0.1) is 0 Å². The normalized spacial score (nSPS) is 10.7. The van der Waals surface area contributed by atoms with Gasteiger partial charge in [0.1, 0.15) is 5.69 Å². The lowest BCUT2D eigenvalue weighted by Gasteiger charge is -1.96. The van der Waals surface area contributed by atoms with Gasteiger partial charge in [-0.25, -0.2) is 4.98 Å². The van der Waals surface area contributed by atoms with Gasteiger partial charge in [-0.15, -0.1) is 10.2 Å². The molecule has 5 nitrogen and oxygen atoms in total. The minimum Gasteiger partial charge on any atom is -0.419 e. The Morgan fingerprint density at radius 2 is 2.29 bits per heavy atom. The third kappa shape index (κ3) is 3.10. The number of nitrogens with zero attached hydrogens (tertiary/aromatic N) is 3. The quantitative estimate of drug-likeness (QED) is 0.856. The van der Waals surface area contributed by atoms with Crippen molar-refractivity contribution in [3.05, 3.63) is 28.7 Å². The molecule has 0 saturated carbocycles. The molecule has 17 heavy (non-hydrogen) atoms. The van der Waals surface area contributed by atoms with Gasteiger partial charge in [0.15, 0.2) is 0 Å². The average Bonchev–Trinajstić information content (AvgIpc) is 2.79. The summed E-state index contributed by atoms with van der Waals surface area (Å²) < 4.78 is 6.41. The van der Waals surface area contributed by atoms with Gasteiger partial charge in [-0.2, -0.15) is 0 Å². The van der Waals surface area contributed by atoms with Crippen LogP contribution in [0.2, 0.25) is 0 Å². The highest BCUT2D eigenvalue weighted by Gasteiger charge is 2.12. The van der Waals surface area contributed by atoms with E-state index in [0.29, 0.717) is 17.5 Å². The van der Waals surface area contributed by atoms with Crippen LogP contribution in [-0.4, -0.2) is 28.8 Å². The number of pyridine rings is 1. The Morgan fingerprint density at radius 1 is 1.41 bits per heavy atom. The summed E-state index contributed by atoms with van der Waals surface area (Å²) in [5.41, 5.74) is 0.680. The van der Waals surface area contributed by atoms with Crippen LogP contribution in [0, 0.1) is 0 Å². The largest absolute Gasteiger partial charge is 0.419 e. The van der Waals surface area contributed by atoms with Crippen molar-refractivity contribution in [2.75, 3.05) is 13.6 Å². The van der Waals surface area contributed by atoms with Gasteiger partial charge in [0.25, 0.3) is 5.89 Å². The van der Waals surface area contributed by atoms with Crippen molar-refractivity contribution in [2.45, 2.75) is 12.8 Å². The van der Waals surface area contributed by atoms with E-state index in [2.05, 4.69) is 36.4 Å². The maximum atomic E-state index is 5.55. The van der Waals surface area contributed by atoms with Gasteiger partial charge in [-0.3, -0.25) is 0 Å². The van der Waals surface area contributed by atoms with Crippen LogP contribution < -0.4 is 5.32 Å². The van der Waals surface area contributed by atoms with Crippen LogP contribution in [0.5, 0.6) is 0 Å². The molecule has 0 amide bonds. The fourth-order valence-corrected chi connectivity index (χ4v) is 1.83. The Kier molecular flexibility index (Phi) is 4.22. The molecule has 0 unspecified atom stereocenters. The number of hydrogen-bond donors (Lipinski definition) is 1. The summed E-state index contributed by atoms with van der Waals surface area (Å²) in [5, 5.41) is 11.1. The first-order valence-electron chi connectivity index (χ1n) is 5.39. The lowest BCUT2D eigenvalue weighted by molar-refractivity contribution is 0.493. The van der Waals surface area contributed by atoms with E-state index in [0.717, 1.165) is 23.9 Å². The van der Waals surface area contributed by atoms with Gasteiger partial charge in [0, 0.05) is 17.1 Å². The molecule has 2 aromatic rings. The van der Waals surface area contributed by atoms with Crippen molar-refractivity contribution in [3.8, 4) is 11.6 Å². The molecule has 0 radical (unpaired) electrons. The molecule has 0 saturated heterocycles. The van der Waals surface area contributed by atoms with Crippen molar-refractivity contribution < 1.29 is 4.42 Å². The molecule has 90 valence electrons. The van der Waals surface area contributed by atoms with Crippen molar-refractivity contribution >= 4 is 15.9 Å². The number of aryl methyl sites for hydroxylation is 1. The summed E-state index contributed by atoms with van der Waals surface area (Å²) >= 11 is 3.41. The van der Waals surface area contributed by atoms with E-state index in [-0.39, 0.29) is 0 Å². The maximum Gasteiger partial charge on any atom is 0.267 e. The minimum atomic E-state index is 0.455. The van der Waals surface area contributed by atoms with Crippen LogP contribution in [-0.2, 0) is 6.42 Å². The fraction of sp³-hybridized carbons (Fsp3) is 0.364. The summed E-state index contributed by atoms with van der Waals surface area (Å²) in [4.78, 5) is 4.20. The van der Waals surface area contributed by atoms with Crippen LogP contribution in [0.1, 0.15) is 12.3 Å². The second-order valence-corrected chi connectivity index (χ2v) is 4.40. The zero-order valence-electron chi connectivity index (χ0n) is 9.48. The molecular weight excluding hydrogens is 284 g/mol. The van der Waals surface area contributed by atoms with Gasteiger partial charge in [-0.05, 0) is 48.1 Å². The Labute approximate surface area is 108 Å². The number of nitrogens with one attached hydrogen (secondary N) is 1. The van der Waals surface area contributed by atoms with E-state index in [1.165, 1.54) is 0 Å². The summed E-state index contributed by atoms with van der Waals surface area (Å²) in [6.45, 7) is 0.936. The summed E-state index contributed by atoms with van der Waals surface area (Å²) in [6.07, 6.45) is 3.45. The number of rotatable bonds is 5. The van der Waals surface area contributed by atoms with Crippen molar-refractivity contribution in [3.63, 3.8) is 0 Å². The van der Waals surface area contributed by atoms with Crippen molar-refractivity contribution in [2.24, 2.45) is 0 Å². The van der Waals surface area contributed by atoms with Crippen LogP contribution in [0.4, 0.5) is 0 Å². The Morgan fingerprint density at radius 3 is 3.06 bits per heavy atom. The second kappa shape index (κ2) is 5.88. The lowest BCUT2D eigenvalue weighted by atomic mass is 10.3. The molecule has 0 aromatic carbocycles. The van der Waals surface area contributed by atoms with Gasteiger partial charge in [0.2, 0.25) is 5.89 Å². The van der Waals surface area contributed by atoms with Crippen LogP contribution in [0.15, 0.2) is 27.2 Å². The molecule has 0 aliphatic rings. The molecule has 2 heterocycles. The van der Waals surface area contributed by atoms with E-state index in [4.69, 9.17) is 4.42 Å². The van der Waals surface area contributed by atoms with Crippen LogP contribution in [0.3, 0.4) is 0 Å². The number of aromatic nitrogens is 3. The zero-order chi connectivity index (χ0) is 12.1. The molecule has 2 aromatic heterocycles. The first-order chi connectivity index (χ1) is 8.31. The van der Waals surface area contributed by atoms with E-state index in [9.17, 15) is 0 Å². The number of halogens is 1. The predicted molar refractivity (Wildman–Crippen MR) is 67.5 cm³/mol. The molecule has 1 N–H and O–H groups in total. The fourth-order valence-electron chi connectivity index (χ4n) is 1.41. The topological polar surface area (TPSA) is 63.8 Å². The SMILES string of the molecule is CNCCCc1nnc(-c2ncccc2Br)o1. The van der Waals surface area contributed by atoms with Gasteiger partial charge >= 0.3 is 0 Å². The monoisotopic (exact) mass is 296 g/mol. The molecule has 0 spiro atoms. The highest BCUT2D eigenvalue weighted by molar-refractivity contribution is 9.10. The molecular formula is C11H13BrN4O. The van der Waals surface area contributed by atoms with Gasteiger partial charge in [-0.1, -0.05) is 0 Å². The molecule has 0 aliphatic carbocycles. The van der Waals surface area contributed by atoms with Crippen LogP contribution >= 0.6 is 15.9 Å². The zero-order valence-corrected chi connectivity index (χ0v) is 11.1. The predicted octanol–water partition coefficient (Wildman–Crippen LogP) is 2.05. The third-order valence-electron chi connectivity index (χ3n) is 2.25. The van der Waals surface area contributed by atoms with E-state index < -0.39 is 0 Å². The third-order valence-corrected chi connectivity index (χ3v) is 2.89. The highest BCUT2D eigenvalue weighted by atomic mass is 79.9. The van der Waals surface area contributed by atoms with Crippen molar-refractivity contribution in [1.29, 1.82) is 0 Å².